The lowest BCUT2D eigenvalue weighted by atomic mass is 10.2. The molecule has 0 aliphatic rings. The summed E-state index contributed by atoms with van der Waals surface area (Å²) in [6.07, 6.45) is -0.484. The SMILES string of the molecule is CCOC(C)C(=O)Nc1ccc(Cl)c(N)c1. The zero-order valence-corrected chi connectivity index (χ0v) is 10.0. The lowest BCUT2D eigenvalue weighted by Crippen LogP contribution is -2.27. The number of benzene rings is 1. The molecule has 1 amide bonds. The maximum Gasteiger partial charge on any atom is 0.253 e. The number of halogens is 1. The monoisotopic (exact) mass is 242 g/mol. The molecular formula is C11H15ClN2O2. The Morgan fingerprint density at radius 3 is 2.88 bits per heavy atom. The first-order chi connectivity index (χ1) is 7.54. The molecule has 16 heavy (non-hydrogen) atoms. The van der Waals surface area contributed by atoms with Gasteiger partial charge in [-0.3, -0.25) is 4.79 Å². The van der Waals surface area contributed by atoms with Gasteiger partial charge in [0.25, 0.3) is 5.91 Å². The van der Waals surface area contributed by atoms with Crippen LogP contribution in [0.25, 0.3) is 0 Å². The van der Waals surface area contributed by atoms with Gasteiger partial charge in [-0.25, -0.2) is 0 Å². The Hall–Kier alpha value is -1.26. The molecule has 0 heterocycles. The van der Waals surface area contributed by atoms with Crippen LogP contribution in [-0.4, -0.2) is 18.6 Å². The second-order valence-corrected chi connectivity index (χ2v) is 3.73. The summed E-state index contributed by atoms with van der Waals surface area (Å²) in [7, 11) is 0. The van der Waals surface area contributed by atoms with Crippen molar-refractivity contribution in [2.24, 2.45) is 0 Å². The fourth-order valence-corrected chi connectivity index (χ4v) is 1.31. The van der Waals surface area contributed by atoms with Crippen molar-refractivity contribution in [3.63, 3.8) is 0 Å². The number of ether oxygens (including phenoxy) is 1. The van der Waals surface area contributed by atoms with Gasteiger partial charge in [-0.2, -0.15) is 0 Å². The van der Waals surface area contributed by atoms with Gasteiger partial charge in [-0.1, -0.05) is 11.6 Å². The highest BCUT2D eigenvalue weighted by molar-refractivity contribution is 6.33. The van der Waals surface area contributed by atoms with E-state index in [-0.39, 0.29) is 5.91 Å². The lowest BCUT2D eigenvalue weighted by Gasteiger charge is -2.12. The van der Waals surface area contributed by atoms with Crippen LogP contribution in [0.1, 0.15) is 13.8 Å². The van der Waals surface area contributed by atoms with Gasteiger partial charge in [0.2, 0.25) is 0 Å². The first-order valence-electron chi connectivity index (χ1n) is 5.02. The zero-order valence-electron chi connectivity index (χ0n) is 9.29. The first-order valence-corrected chi connectivity index (χ1v) is 5.40. The zero-order chi connectivity index (χ0) is 12.1. The van der Waals surface area contributed by atoms with Crippen LogP contribution in [0.5, 0.6) is 0 Å². The van der Waals surface area contributed by atoms with Crippen LogP contribution in [-0.2, 0) is 9.53 Å². The Bertz CT molecular complexity index is 382. The fraction of sp³-hybridized carbons (Fsp3) is 0.364. The molecular weight excluding hydrogens is 228 g/mol. The van der Waals surface area contributed by atoms with Gasteiger partial charge >= 0.3 is 0 Å². The molecule has 1 atom stereocenters. The van der Waals surface area contributed by atoms with E-state index in [1.807, 2.05) is 6.92 Å². The Balaban J connectivity index is 2.66. The van der Waals surface area contributed by atoms with Gasteiger partial charge in [0.05, 0.1) is 10.7 Å². The number of nitrogens with one attached hydrogen (secondary N) is 1. The number of amides is 1. The van der Waals surface area contributed by atoms with E-state index < -0.39 is 6.10 Å². The fourth-order valence-electron chi connectivity index (χ4n) is 1.19. The number of nitrogens with two attached hydrogens (primary N) is 1. The van der Waals surface area contributed by atoms with Crippen molar-refractivity contribution in [3.8, 4) is 0 Å². The summed E-state index contributed by atoms with van der Waals surface area (Å²) in [5.41, 5.74) is 6.66. The van der Waals surface area contributed by atoms with Crippen molar-refractivity contribution >= 4 is 28.9 Å². The van der Waals surface area contributed by atoms with Gasteiger partial charge in [-0.05, 0) is 32.0 Å². The molecule has 1 aromatic carbocycles. The van der Waals surface area contributed by atoms with E-state index >= 15 is 0 Å². The van der Waals surface area contributed by atoms with Crippen LogP contribution in [0.15, 0.2) is 18.2 Å². The second kappa shape index (κ2) is 5.72. The standard InChI is InChI=1S/C11H15ClN2O2/c1-3-16-7(2)11(15)14-8-4-5-9(12)10(13)6-8/h4-7H,3,13H2,1-2H3,(H,14,15). The van der Waals surface area contributed by atoms with Gasteiger partial charge in [0.1, 0.15) is 6.10 Å². The van der Waals surface area contributed by atoms with Crippen molar-refractivity contribution in [1.82, 2.24) is 0 Å². The third-order valence-corrected chi connectivity index (χ3v) is 2.39. The molecule has 0 aromatic heterocycles. The molecule has 5 heteroatoms. The van der Waals surface area contributed by atoms with E-state index in [1.54, 1.807) is 25.1 Å². The number of rotatable bonds is 4. The smallest absolute Gasteiger partial charge is 0.253 e. The van der Waals surface area contributed by atoms with Gasteiger partial charge in [0.15, 0.2) is 0 Å². The summed E-state index contributed by atoms with van der Waals surface area (Å²) in [6, 6.07) is 4.94. The molecule has 1 unspecified atom stereocenters. The average Bonchev–Trinajstić information content (AvgIpc) is 2.24. The molecule has 3 N–H and O–H groups in total. The third-order valence-electron chi connectivity index (χ3n) is 2.05. The van der Waals surface area contributed by atoms with E-state index in [0.29, 0.717) is 23.0 Å². The summed E-state index contributed by atoms with van der Waals surface area (Å²) >= 11 is 5.77. The second-order valence-electron chi connectivity index (χ2n) is 3.32. The van der Waals surface area contributed by atoms with E-state index in [9.17, 15) is 4.79 Å². The summed E-state index contributed by atoms with van der Waals surface area (Å²) in [4.78, 5) is 11.6. The maximum absolute atomic E-state index is 11.6. The Morgan fingerprint density at radius 2 is 2.31 bits per heavy atom. The molecule has 0 saturated heterocycles. The highest BCUT2D eigenvalue weighted by atomic mass is 35.5. The Labute approximate surface area is 99.7 Å². The normalized spacial score (nSPS) is 12.2. The van der Waals surface area contributed by atoms with Crippen molar-refractivity contribution < 1.29 is 9.53 Å². The van der Waals surface area contributed by atoms with Crippen LogP contribution in [0, 0.1) is 0 Å². The number of carbonyl (C=O) groups is 1. The molecule has 0 fully saturated rings. The molecule has 0 radical (unpaired) electrons. The number of carbonyl (C=O) groups excluding carboxylic acids is 1. The first kappa shape index (κ1) is 12.8. The molecule has 0 bridgehead atoms. The van der Waals surface area contributed by atoms with Gasteiger partial charge in [-0.15, -0.1) is 0 Å². The van der Waals surface area contributed by atoms with Crippen molar-refractivity contribution in [1.29, 1.82) is 0 Å². The lowest BCUT2D eigenvalue weighted by molar-refractivity contribution is -0.126. The van der Waals surface area contributed by atoms with E-state index in [1.165, 1.54) is 0 Å². The van der Waals surface area contributed by atoms with E-state index in [0.717, 1.165) is 0 Å². The average molecular weight is 243 g/mol. The molecule has 0 aliphatic carbocycles. The van der Waals surface area contributed by atoms with E-state index in [2.05, 4.69) is 5.32 Å². The predicted octanol–water partition coefficient (Wildman–Crippen LogP) is 2.29. The quantitative estimate of drug-likeness (QED) is 0.797. The number of hydrogen-bond donors (Lipinski definition) is 2. The largest absolute Gasteiger partial charge is 0.397 e. The summed E-state index contributed by atoms with van der Waals surface area (Å²) in [6.45, 7) is 4.03. The Morgan fingerprint density at radius 1 is 1.62 bits per heavy atom. The molecule has 0 saturated carbocycles. The predicted molar refractivity (Wildman–Crippen MR) is 65.6 cm³/mol. The molecule has 88 valence electrons. The van der Waals surface area contributed by atoms with Crippen LogP contribution in [0.4, 0.5) is 11.4 Å². The minimum Gasteiger partial charge on any atom is -0.397 e. The molecule has 1 aromatic rings. The molecule has 4 nitrogen and oxygen atoms in total. The van der Waals surface area contributed by atoms with Crippen LogP contribution in [0.3, 0.4) is 0 Å². The van der Waals surface area contributed by atoms with Crippen LogP contribution < -0.4 is 11.1 Å². The van der Waals surface area contributed by atoms with Gasteiger partial charge in [0, 0.05) is 12.3 Å². The maximum atomic E-state index is 11.6. The van der Waals surface area contributed by atoms with Crippen molar-refractivity contribution in [2.45, 2.75) is 20.0 Å². The minimum atomic E-state index is -0.484. The summed E-state index contributed by atoms with van der Waals surface area (Å²) in [5.74, 6) is -0.205. The molecule has 1 rings (SSSR count). The van der Waals surface area contributed by atoms with Crippen LogP contribution >= 0.6 is 11.6 Å². The minimum absolute atomic E-state index is 0.205. The topological polar surface area (TPSA) is 64.3 Å². The highest BCUT2D eigenvalue weighted by Gasteiger charge is 2.12. The third kappa shape index (κ3) is 3.40. The number of hydrogen-bond acceptors (Lipinski definition) is 3. The Kier molecular flexibility index (Phi) is 4.58. The number of nitrogen functional groups attached to an aromatic ring is 1. The molecule has 0 aliphatic heterocycles. The summed E-state index contributed by atoms with van der Waals surface area (Å²) in [5, 5.41) is 3.16. The molecule has 0 spiro atoms. The van der Waals surface area contributed by atoms with Gasteiger partial charge < -0.3 is 15.8 Å². The van der Waals surface area contributed by atoms with Crippen molar-refractivity contribution in [3.05, 3.63) is 23.2 Å². The highest BCUT2D eigenvalue weighted by Crippen LogP contribution is 2.22. The van der Waals surface area contributed by atoms with Crippen LogP contribution in [0.2, 0.25) is 5.02 Å². The van der Waals surface area contributed by atoms with Crippen molar-refractivity contribution in [2.75, 3.05) is 17.7 Å². The summed E-state index contributed by atoms with van der Waals surface area (Å²) < 4.78 is 5.16. The van der Waals surface area contributed by atoms with E-state index in [4.69, 9.17) is 22.1 Å². The number of anilines is 2.